The maximum atomic E-state index is 12.3. The van der Waals surface area contributed by atoms with Crippen LogP contribution in [0, 0.1) is 0 Å². The summed E-state index contributed by atoms with van der Waals surface area (Å²) >= 11 is 0. The van der Waals surface area contributed by atoms with Crippen molar-refractivity contribution >= 4 is 22.7 Å². The first-order valence-corrected chi connectivity index (χ1v) is 8.07. The first kappa shape index (κ1) is 16.8. The predicted molar refractivity (Wildman–Crippen MR) is 96.0 cm³/mol. The largest absolute Gasteiger partial charge is 0.491 e. The molecule has 0 aliphatic rings. The van der Waals surface area contributed by atoms with Crippen molar-refractivity contribution in [2.24, 2.45) is 7.05 Å². The number of nitrogens with zero attached hydrogens (tertiary/aromatic N) is 1. The number of aromatic nitrogens is 1. The van der Waals surface area contributed by atoms with Gasteiger partial charge in [-0.05, 0) is 43.7 Å². The number of benzene rings is 2. The van der Waals surface area contributed by atoms with Gasteiger partial charge in [0.2, 0.25) is 5.91 Å². The van der Waals surface area contributed by atoms with Gasteiger partial charge in [-0.15, -0.1) is 0 Å². The number of oxazole rings is 1. The second-order valence-electron chi connectivity index (χ2n) is 6.15. The molecule has 0 saturated heterocycles. The molecule has 6 heteroatoms. The Morgan fingerprint density at radius 2 is 2.04 bits per heavy atom. The van der Waals surface area contributed by atoms with E-state index >= 15 is 0 Å². The molecule has 0 fully saturated rings. The molecule has 1 aromatic heterocycles. The molecular formula is C19H20N2O4. The zero-order valence-electron chi connectivity index (χ0n) is 14.4. The van der Waals surface area contributed by atoms with Crippen LogP contribution in [-0.2, 0) is 18.3 Å². The van der Waals surface area contributed by atoms with E-state index in [1.165, 1.54) is 4.57 Å². The molecule has 0 spiro atoms. The lowest BCUT2D eigenvalue weighted by Gasteiger charge is -2.11. The van der Waals surface area contributed by atoms with Gasteiger partial charge < -0.3 is 14.5 Å². The minimum atomic E-state index is -0.430. The third-order valence-electron chi connectivity index (χ3n) is 3.71. The summed E-state index contributed by atoms with van der Waals surface area (Å²) in [6.45, 7) is 3.91. The molecule has 0 aliphatic carbocycles. The van der Waals surface area contributed by atoms with E-state index in [1.54, 1.807) is 25.2 Å². The van der Waals surface area contributed by atoms with Gasteiger partial charge in [-0.1, -0.05) is 12.1 Å². The molecule has 0 unspecified atom stereocenters. The second kappa shape index (κ2) is 6.84. The maximum absolute atomic E-state index is 12.3. The number of carbonyl (C=O) groups excluding carboxylic acids is 1. The van der Waals surface area contributed by atoms with Crippen LogP contribution in [0.4, 0.5) is 5.69 Å². The number of amides is 1. The van der Waals surface area contributed by atoms with E-state index in [1.807, 2.05) is 38.1 Å². The average Bonchev–Trinajstić information content (AvgIpc) is 2.81. The SMILES string of the molecule is CC(C)Oc1cccc(CC(=O)Nc2ccc3c(c2)oc(=O)n3C)c1. The third kappa shape index (κ3) is 3.91. The summed E-state index contributed by atoms with van der Waals surface area (Å²) in [5, 5.41) is 2.82. The van der Waals surface area contributed by atoms with Gasteiger partial charge in [0.15, 0.2) is 5.58 Å². The molecule has 130 valence electrons. The van der Waals surface area contributed by atoms with Gasteiger partial charge in [-0.25, -0.2) is 4.79 Å². The number of hydrogen-bond donors (Lipinski definition) is 1. The van der Waals surface area contributed by atoms with E-state index in [2.05, 4.69) is 5.32 Å². The predicted octanol–water partition coefficient (Wildman–Crippen LogP) is 3.10. The van der Waals surface area contributed by atoms with E-state index in [-0.39, 0.29) is 18.4 Å². The fraction of sp³-hybridized carbons (Fsp3) is 0.263. The second-order valence-corrected chi connectivity index (χ2v) is 6.15. The molecule has 0 radical (unpaired) electrons. The topological polar surface area (TPSA) is 73.5 Å². The summed E-state index contributed by atoms with van der Waals surface area (Å²) < 4.78 is 12.2. The number of nitrogens with one attached hydrogen (secondary N) is 1. The standard InChI is InChI=1S/C19H20N2O4/c1-12(2)24-15-6-4-5-13(9-15)10-18(22)20-14-7-8-16-17(11-14)25-19(23)21(16)3/h4-9,11-12H,10H2,1-3H3,(H,20,22). The molecule has 25 heavy (non-hydrogen) atoms. The van der Waals surface area contributed by atoms with Crippen LogP contribution in [-0.4, -0.2) is 16.6 Å². The van der Waals surface area contributed by atoms with Crippen molar-refractivity contribution in [3.8, 4) is 5.75 Å². The summed E-state index contributed by atoms with van der Waals surface area (Å²) in [5.41, 5.74) is 2.57. The number of rotatable bonds is 5. The fourth-order valence-electron chi connectivity index (χ4n) is 2.60. The average molecular weight is 340 g/mol. The summed E-state index contributed by atoms with van der Waals surface area (Å²) in [7, 11) is 1.64. The summed E-state index contributed by atoms with van der Waals surface area (Å²) in [5.74, 6) is 0.160. The molecule has 3 rings (SSSR count). The van der Waals surface area contributed by atoms with Crippen LogP contribution >= 0.6 is 0 Å². The van der Waals surface area contributed by atoms with Gasteiger partial charge in [0, 0.05) is 18.8 Å². The molecular weight excluding hydrogens is 320 g/mol. The van der Waals surface area contributed by atoms with E-state index in [0.29, 0.717) is 16.8 Å². The van der Waals surface area contributed by atoms with Gasteiger partial charge in [0.1, 0.15) is 5.75 Å². The van der Waals surface area contributed by atoms with E-state index < -0.39 is 5.76 Å². The summed E-state index contributed by atoms with van der Waals surface area (Å²) in [6.07, 6.45) is 0.308. The van der Waals surface area contributed by atoms with Crippen molar-refractivity contribution in [2.75, 3.05) is 5.32 Å². The van der Waals surface area contributed by atoms with E-state index in [9.17, 15) is 9.59 Å². The quantitative estimate of drug-likeness (QED) is 0.774. The lowest BCUT2D eigenvalue weighted by Crippen LogP contribution is -2.14. The molecule has 0 bridgehead atoms. The van der Waals surface area contributed by atoms with Gasteiger partial charge in [0.25, 0.3) is 0 Å². The molecule has 1 heterocycles. The number of hydrogen-bond acceptors (Lipinski definition) is 4. The Bertz CT molecular complexity index is 969. The van der Waals surface area contributed by atoms with Crippen LogP contribution in [0.3, 0.4) is 0 Å². The summed E-state index contributed by atoms with van der Waals surface area (Å²) in [6, 6.07) is 12.6. The highest BCUT2D eigenvalue weighted by Gasteiger charge is 2.09. The Morgan fingerprint density at radius 3 is 2.80 bits per heavy atom. The Balaban J connectivity index is 1.71. The van der Waals surface area contributed by atoms with Crippen LogP contribution in [0.5, 0.6) is 5.75 Å². The lowest BCUT2D eigenvalue weighted by molar-refractivity contribution is -0.115. The first-order valence-electron chi connectivity index (χ1n) is 8.07. The number of anilines is 1. The highest BCUT2D eigenvalue weighted by Crippen LogP contribution is 2.19. The molecule has 2 aromatic carbocycles. The highest BCUT2D eigenvalue weighted by atomic mass is 16.5. The first-order chi connectivity index (χ1) is 11.9. The minimum absolute atomic E-state index is 0.0799. The molecule has 0 aliphatic heterocycles. The molecule has 0 atom stereocenters. The van der Waals surface area contributed by atoms with Gasteiger partial charge in [0.05, 0.1) is 18.0 Å². The van der Waals surface area contributed by atoms with Crippen LogP contribution < -0.4 is 15.8 Å². The van der Waals surface area contributed by atoms with Crippen molar-refractivity contribution in [1.82, 2.24) is 4.57 Å². The number of aryl methyl sites for hydroxylation is 1. The van der Waals surface area contributed by atoms with Gasteiger partial charge in [-0.3, -0.25) is 9.36 Å². The molecule has 6 nitrogen and oxygen atoms in total. The Morgan fingerprint density at radius 1 is 1.24 bits per heavy atom. The third-order valence-corrected chi connectivity index (χ3v) is 3.71. The Labute approximate surface area is 145 Å². The lowest BCUT2D eigenvalue weighted by atomic mass is 10.1. The van der Waals surface area contributed by atoms with Crippen molar-refractivity contribution in [2.45, 2.75) is 26.4 Å². The van der Waals surface area contributed by atoms with Gasteiger partial charge in [-0.2, -0.15) is 0 Å². The van der Waals surface area contributed by atoms with Crippen molar-refractivity contribution < 1.29 is 13.9 Å². The van der Waals surface area contributed by atoms with E-state index in [4.69, 9.17) is 9.15 Å². The Kier molecular flexibility index (Phi) is 4.61. The van der Waals surface area contributed by atoms with Crippen LogP contribution in [0.25, 0.3) is 11.1 Å². The maximum Gasteiger partial charge on any atom is 0.419 e. The van der Waals surface area contributed by atoms with Gasteiger partial charge >= 0.3 is 5.76 Å². The van der Waals surface area contributed by atoms with Crippen LogP contribution in [0.15, 0.2) is 51.7 Å². The zero-order valence-corrected chi connectivity index (χ0v) is 14.4. The van der Waals surface area contributed by atoms with Crippen molar-refractivity contribution in [3.63, 3.8) is 0 Å². The number of ether oxygens (including phenoxy) is 1. The Hall–Kier alpha value is -3.02. The minimum Gasteiger partial charge on any atom is -0.491 e. The molecule has 1 N–H and O–H groups in total. The molecule has 0 saturated carbocycles. The van der Waals surface area contributed by atoms with Crippen LogP contribution in [0.2, 0.25) is 0 Å². The van der Waals surface area contributed by atoms with Crippen molar-refractivity contribution in [1.29, 1.82) is 0 Å². The number of carbonyl (C=O) groups is 1. The summed E-state index contributed by atoms with van der Waals surface area (Å²) in [4.78, 5) is 23.8. The van der Waals surface area contributed by atoms with Crippen LogP contribution in [0.1, 0.15) is 19.4 Å². The van der Waals surface area contributed by atoms with E-state index in [0.717, 1.165) is 11.3 Å². The number of fused-ring (bicyclic) bond motifs is 1. The van der Waals surface area contributed by atoms with Crippen molar-refractivity contribution in [3.05, 3.63) is 58.6 Å². The zero-order chi connectivity index (χ0) is 18.0. The molecule has 1 amide bonds. The normalized spacial score (nSPS) is 11.0. The molecule has 3 aromatic rings. The fourth-order valence-corrected chi connectivity index (χ4v) is 2.60. The monoisotopic (exact) mass is 340 g/mol. The highest BCUT2D eigenvalue weighted by molar-refractivity contribution is 5.94. The smallest absolute Gasteiger partial charge is 0.419 e.